The van der Waals surface area contributed by atoms with Gasteiger partial charge >= 0.3 is 0 Å². The van der Waals surface area contributed by atoms with Crippen LogP contribution in [0.4, 0.5) is 5.69 Å². The van der Waals surface area contributed by atoms with E-state index in [1.165, 1.54) is 31.5 Å². The summed E-state index contributed by atoms with van der Waals surface area (Å²) in [5.41, 5.74) is 1.98. The molecule has 0 aliphatic carbocycles. The number of hydrogen-bond donors (Lipinski definition) is 0. The number of rotatable bonds is 4. The van der Waals surface area contributed by atoms with E-state index in [-0.39, 0.29) is 0 Å². The van der Waals surface area contributed by atoms with Crippen LogP contribution in [-0.4, -0.2) is 30.6 Å². The summed E-state index contributed by atoms with van der Waals surface area (Å²) in [5.74, 6) is 0. The highest BCUT2D eigenvalue weighted by atomic mass is 16.1. The van der Waals surface area contributed by atoms with Crippen LogP contribution in [0, 0.1) is 0 Å². The highest BCUT2D eigenvalue weighted by molar-refractivity contribution is 5.49. The normalized spacial score (nSPS) is 16.0. The van der Waals surface area contributed by atoms with E-state index in [2.05, 4.69) is 9.89 Å². The number of hydrogen-bond acceptors (Lipinski definition) is 3. The summed E-state index contributed by atoms with van der Waals surface area (Å²) in [6.45, 7) is 3.62. The third kappa shape index (κ3) is 3.02. The molecule has 0 aromatic heterocycles. The fourth-order valence-corrected chi connectivity index (χ4v) is 2.08. The minimum Gasteiger partial charge on any atom is -0.303 e. The number of isocyanates is 1. The van der Waals surface area contributed by atoms with E-state index in [4.69, 9.17) is 0 Å². The molecule has 0 radical (unpaired) electrons. The van der Waals surface area contributed by atoms with Crippen LogP contribution in [-0.2, 0) is 11.2 Å². The summed E-state index contributed by atoms with van der Waals surface area (Å²) in [5, 5.41) is 0. The van der Waals surface area contributed by atoms with Gasteiger partial charge in [0.2, 0.25) is 6.08 Å². The van der Waals surface area contributed by atoms with Crippen molar-refractivity contribution in [3.8, 4) is 0 Å². The molecule has 3 heteroatoms. The second-order valence-corrected chi connectivity index (χ2v) is 4.17. The fraction of sp³-hybridized carbons (Fsp3) is 0.462. The van der Waals surface area contributed by atoms with Crippen molar-refractivity contribution in [3.05, 3.63) is 29.8 Å². The number of aliphatic imine (C=N–C) groups is 1. The Morgan fingerprint density at radius 1 is 1.19 bits per heavy atom. The first-order chi connectivity index (χ1) is 7.88. The van der Waals surface area contributed by atoms with Crippen LogP contribution < -0.4 is 0 Å². The van der Waals surface area contributed by atoms with Crippen LogP contribution in [0.2, 0.25) is 0 Å². The van der Waals surface area contributed by atoms with Gasteiger partial charge in [-0.3, -0.25) is 0 Å². The molecule has 0 amide bonds. The van der Waals surface area contributed by atoms with Gasteiger partial charge in [0.15, 0.2) is 0 Å². The minimum atomic E-state index is 0.680. The van der Waals surface area contributed by atoms with Crippen molar-refractivity contribution in [1.82, 2.24) is 4.90 Å². The molecular weight excluding hydrogens is 200 g/mol. The van der Waals surface area contributed by atoms with Crippen molar-refractivity contribution < 1.29 is 4.79 Å². The lowest BCUT2D eigenvalue weighted by molar-refractivity contribution is 0.343. The van der Waals surface area contributed by atoms with Gasteiger partial charge in [0.1, 0.15) is 0 Å². The Bertz CT molecular complexity index is 373. The van der Waals surface area contributed by atoms with Crippen LogP contribution in [0.15, 0.2) is 29.3 Å². The van der Waals surface area contributed by atoms with Gasteiger partial charge in [-0.15, -0.1) is 0 Å². The third-order valence-corrected chi connectivity index (χ3v) is 3.03. The molecule has 1 aliphatic rings. The SMILES string of the molecule is O=C=Nc1ccc(CCN2CCCC2)cc1. The molecule has 2 rings (SSSR count). The molecule has 1 saturated heterocycles. The Labute approximate surface area is 95.8 Å². The topological polar surface area (TPSA) is 32.7 Å². The van der Waals surface area contributed by atoms with E-state index in [1.807, 2.05) is 24.3 Å². The molecule has 1 aromatic rings. The second-order valence-electron chi connectivity index (χ2n) is 4.17. The lowest BCUT2D eigenvalue weighted by atomic mass is 10.1. The maximum atomic E-state index is 10.1. The molecule has 0 bridgehead atoms. The molecule has 0 N–H and O–H groups in total. The van der Waals surface area contributed by atoms with Crippen molar-refractivity contribution in [2.45, 2.75) is 19.3 Å². The Kier molecular flexibility index (Phi) is 3.86. The highest BCUT2D eigenvalue weighted by Crippen LogP contribution is 2.14. The lowest BCUT2D eigenvalue weighted by Crippen LogP contribution is -2.21. The van der Waals surface area contributed by atoms with Gasteiger partial charge in [-0.25, -0.2) is 4.79 Å². The molecule has 16 heavy (non-hydrogen) atoms. The van der Waals surface area contributed by atoms with E-state index < -0.39 is 0 Å². The van der Waals surface area contributed by atoms with Crippen molar-refractivity contribution in [3.63, 3.8) is 0 Å². The first-order valence-electron chi connectivity index (χ1n) is 5.77. The van der Waals surface area contributed by atoms with Gasteiger partial charge < -0.3 is 4.90 Å². The van der Waals surface area contributed by atoms with Crippen molar-refractivity contribution in [2.24, 2.45) is 4.99 Å². The third-order valence-electron chi connectivity index (χ3n) is 3.03. The molecule has 1 heterocycles. The summed E-state index contributed by atoms with van der Waals surface area (Å²) < 4.78 is 0. The predicted molar refractivity (Wildman–Crippen MR) is 63.6 cm³/mol. The first kappa shape index (κ1) is 11.1. The molecule has 0 saturated carbocycles. The Morgan fingerprint density at radius 2 is 1.88 bits per heavy atom. The zero-order chi connectivity index (χ0) is 11.2. The van der Waals surface area contributed by atoms with E-state index in [9.17, 15) is 4.79 Å². The van der Waals surface area contributed by atoms with Crippen LogP contribution in [0.1, 0.15) is 18.4 Å². The molecule has 0 unspecified atom stereocenters. The van der Waals surface area contributed by atoms with Gasteiger partial charge in [0.05, 0.1) is 5.69 Å². The van der Waals surface area contributed by atoms with Crippen molar-refractivity contribution in [2.75, 3.05) is 19.6 Å². The molecule has 1 aliphatic heterocycles. The van der Waals surface area contributed by atoms with Gasteiger partial charge in [0.25, 0.3) is 0 Å². The van der Waals surface area contributed by atoms with E-state index in [1.54, 1.807) is 6.08 Å². The second kappa shape index (κ2) is 5.59. The average molecular weight is 216 g/mol. The Morgan fingerprint density at radius 3 is 2.50 bits per heavy atom. The van der Waals surface area contributed by atoms with Crippen molar-refractivity contribution >= 4 is 11.8 Å². The molecule has 0 spiro atoms. The van der Waals surface area contributed by atoms with Gasteiger partial charge in [-0.05, 0) is 50.0 Å². The predicted octanol–water partition coefficient (Wildman–Crippen LogP) is 2.29. The zero-order valence-electron chi connectivity index (χ0n) is 9.35. The zero-order valence-corrected chi connectivity index (χ0v) is 9.35. The van der Waals surface area contributed by atoms with Crippen LogP contribution in [0.25, 0.3) is 0 Å². The molecule has 1 fully saturated rings. The van der Waals surface area contributed by atoms with Crippen molar-refractivity contribution in [1.29, 1.82) is 0 Å². The molecule has 3 nitrogen and oxygen atoms in total. The van der Waals surface area contributed by atoms with Gasteiger partial charge in [-0.1, -0.05) is 12.1 Å². The Balaban J connectivity index is 1.86. The smallest absolute Gasteiger partial charge is 0.240 e. The lowest BCUT2D eigenvalue weighted by Gasteiger charge is -2.13. The number of carbonyl (C=O) groups excluding carboxylic acids is 1. The average Bonchev–Trinajstić information content (AvgIpc) is 2.82. The van der Waals surface area contributed by atoms with Gasteiger partial charge in [0, 0.05) is 6.54 Å². The van der Waals surface area contributed by atoms with E-state index >= 15 is 0 Å². The molecule has 1 aromatic carbocycles. The maximum Gasteiger partial charge on any atom is 0.240 e. The standard InChI is InChI=1S/C13H16N2O/c16-11-14-13-5-3-12(4-6-13)7-10-15-8-1-2-9-15/h3-6H,1-2,7-10H2. The fourth-order valence-electron chi connectivity index (χ4n) is 2.08. The molecule has 84 valence electrons. The van der Waals surface area contributed by atoms with Crippen LogP contribution in [0.3, 0.4) is 0 Å². The summed E-state index contributed by atoms with van der Waals surface area (Å²) >= 11 is 0. The summed E-state index contributed by atoms with van der Waals surface area (Å²) in [4.78, 5) is 16.1. The quantitative estimate of drug-likeness (QED) is 0.571. The maximum absolute atomic E-state index is 10.1. The largest absolute Gasteiger partial charge is 0.303 e. The van der Waals surface area contributed by atoms with Crippen LogP contribution in [0.5, 0.6) is 0 Å². The monoisotopic (exact) mass is 216 g/mol. The number of likely N-dealkylation sites (tertiary alicyclic amines) is 1. The number of nitrogens with zero attached hydrogens (tertiary/aromatic N) is 2. The van der Waals surface area contributed by atoms with Crippen LogP contribution >= 0.6 is 0 Å². The Hall–Kier alpha value is -1.44. The summed E-state index contributed by atoms with van der Waals surface area (Å²) in [6, 6.07) is 7.80. The summed E-state index contributed by atoms with van der Waals surface area (Å²) in [7, 11) is 0. The highest BCUT2D eigenvalue weighted by Gasteiger charge is 2.10. The molecular formula is C13H16N2O. The van der Waals surface area contributed by atoms with E-state index in [0.29, 0.717) is 5.69 Å². The van der Waals surface area contributed by atoms with Gasteiger partial charge in [-0.2, -0.15) is 4.99 Å². The first-order valence-corrected chi connectivity index (χ1v) is 5.77. The van der Waals surface area contributed by atoms with E-state index in [0.717, 1.165) is 13.0 Å². The minimum absolute atomic E-state index is 0.680. The summed E-state index contributed by atoms with van der Waals surface area (Å²) in [6.07, 6.45) is 5.30. The molecule has 0 atom stereocenters. The number of benzene rings is 1.